The minimum absolute atomic E-state index is 0.198. The molecule has 4 nitrogen and oxygen atoms in total. The van der Waals surface area contributed by atoms with Gasteiger partial charge >= 0.3 is 6.03 Å². The van der Waals surface area contributed by atoms with E-state index in [1.807, 2.05) is 0 Å². The van der Waals surface area contributed by atoms with E-state index < -0.39 is 9.05 Å². The highest BCUT2D eigenvalue weighted by Gasteiger charge is 2.37. The summed E-state index contributed by atoms with van der Waals surface area (Å²) < 4.78 is 13.5. The number of carbonyl (C=O) groups is 1. The van der Waals surface area contributed by atoms with Gasteiger partial charge in [0.2, 0.25) is 0 Å². The van der Waals surface area contributed by atoms with Crippen molar-refractivity contribution in [3.8, 4) is 0 Å². The fourth-order valence-electron chi connectivity index (χ4n) is 1.89. The maximum atomic E-state index is 14.0. The van der Waals surface area contributed by atoms with Gasteiger partial charge in [0.25, 0.3) is 0 Å². The van der Waals surface area contributed by atoms with Gasteiger partial charge in [0.05, 0.1) is 12.2 Å². The van der Waals surface area contributed by atoms with E-state index in [1.165, 1.54) is 15.9 Å². The summed E-state index contributed by atoms with van der Waals surface area (Å²) >= 11 is 13.8. The number of rotatable bonds is 4. The highest BCUT2D eigenvalue weighted by Crippen LogP contribution is 2.38. The summed E-state index contributed by atoms with van der Waals surface area (Å²) in [6, 6.07) is 5.84. The average molecular weight is 565 g/mol. The number of aliphatic imine (C=N–C) groups is 1. The van der Waals surface area contributed by atoms with E-state index in [9.17, 15) is 9.18 Å². The molecule has 1 aromatic rings. The van der Waals surface area contributed by atoms with E-state index in [2.05, 4.69) is 68.7 Å². The lowest BCUT2D eigenvalue weighted by atomic mass is 10.3. The van der Waals surface area contributed by atoms with Crippen LogP contribution in [0.2, 0.25) is 0 Å². The first-order valence-electron chi connectivity index (χ1n) is 6.22. The number of hydrogen-bond donors (Lipinski definition) is 0. The smallest absolute Gasteiger partial charge is 0.320 e. The number of amidine groups is 1. The van der Waals surface area contributed by atoms with E-state index in [4.69, 9.17) is 0 Å². The molecule has 0 aliphatic carbocycles. The Hall–Kier alpha value is 0.0100. The normalized spacial score (nSPS) is 19.2. The molecule has 1 fully saturated rings. The quantitative estimate of drug-likeness (QED) is 0.386. The molecule has 0 spiro atoms. The largest absolute Gasteiger partial charge is 0.330 e. The molecule has 1 aliphatic rings. The van der Waals surface area contributed by atoms with Gasteiger partial charge in [-0.25, -0.2) is 14.1 Å². The van der Waals surface area contributed by atoms with Crippen LogP contribution >= 0.6 is 63.7 Å². The zero-order valence-corrected chi connectivity index (χ0v) is 17.8. The molecule has 1 heterocycles. The van der Waals surface area contributed by atoms with Gasteiger partial charge in [0.1, 0.15) is 19.8 Å². The molecule has 0 saturated carbocycles. The number of amides is 2. The number of alkyl halides is 4. The van der Waals surface area contributed by atoms with E-state index in [0.29, 0.717) is 17.7 Å². The van der Waals surface area contributed by atoms with Gasteiger partial charge in [-0.1, -0.05) is 75.9 Å². The van der Waals surface area contributed by atoms with Crippen LogP contribution in [0.3, 0.4) is 0 Å². The minimum atomic E-state index is -0.516. The third-order valence-corrected chi connectivity index (χ3v) is 9.07. The van der Waals surface area contributed by atoms with Crippen molar-refractivity contribution >= 4 is 81.3 Å². The van der Waals surface area contributed by atoms with Gasteiger partial charge in [0, 0.05) is 12.4 Å². The number of halogens is 5. The third kappa shape index (κ3) is 3.73. The Morgan fingerprint density at radius 1 is 1.41 bits per heavy atom. The lowest BCUT2D eigenvalue weighted by Gasteiger charge is -2.23. The molecule has 1 aromatic carbocycles. The van der Waals surface area contributed by atoms with Gasteiger partial charge in [-0.2, -0.15) is 0 Å². The highest BCUT2D eigenvalue weighted by atomic mass is 79.9. The molecule has 2 amide bonds. The molecule has 1 unspecified atom stereocenters. The molecule has 1 aliphatic heterocycles. The molecule has 0 bridgehead atoms. The molecule has 0 aromatic heterocycles. The second-order valence-electron chi connectivity index (χ2n) is 4.70. The Morgan fingerprint density at radius 2 is 2.05 bits per heavy atom. The number of carbonyl (C=O) groups excluding carboxylic acids is 1. The van der Waals surface area contributed by atoms with Crippen molar-refractivity contribution in [2.45, 2.75) is 8.18 Å². The van der Waals surface area contributed by atoms with E-state index >= 15 is 0 Å². The van der Waals surface area contributed by atoms with Gasteiger partial charge in [-0.3, -0.25) is 4.99 Å². The van der Waals surface area contributed by atoms with Crippen molar-refractivity contribution in [2.24, 2.45) is 4.99 Å². The molecule has 2 rings (SSSR count). The van der Waals surface area contributed by atoms with Crippen LogP contribution < -0.4 is 4.90 Å². The summed E-state index contributed by atoms with van der Waals surface area (Å²) in [6.07, 6.45) is 0. The average Bonchev–Trinajstić information content (AvgIpc) is 2.74. The molecule has 120 valence electrons. The summed E-state index contributed by atoms with van der Waals surface area (Å²) in [5.74, 6) is 0.0121. The van der Waals surface area contributed by atoms with Crippen molar-refractivity contribution < 1.29 is 9.18 Å². The Morgan fingerprint density at radius 3 is 2.64 bits per heavy atom. The van der Waals surface area contributed by atoms with Crippen molar-refractivity contribution in [1.29, 1.82) is 0 Å². The number of anilines is 1. The molecular weight excluding hydrogens is 553 g/mol. The second-order valence-corrected chi connectivity index (χ2v) is 10.0. The predicted molar refractivity (Wildman–Crippen MR) is 101 cm³/mol. The summed E-state index contributed by atoms with van der Waals surface area (Å²) in [7, 11) is 1.65. The van der Waals surface area contributed by atoms with Crippen LogP contribution in [0.5, 0.6) is 0 Å². The van der Waals surface area contributed by atoms with Crippen LogP contribution in [0.25, 0.3) is 0 Å². The lowest BCUT2D eigenvalue weighted by Crippen LogP contribution is -2.34. The standard InChI is InChI=1S/C13H12Br4FN3O/c1-20-6-10(19-11(15)13(16,17)7-14)21(12(20)22)9-5-3-2-4-8(9)18/h2-5,11H,6-7H2,1H3. The summed E-state index contributed by atoms with van der Waals surface area (Å²) in [5.41, 5.74) is 0.198. The van der Waals surface area contributed by atoms with Gasteiger partial charge < -0.3 is 4.90 Å². The SMILES string of the molecule is CN1CC(=NC(Br)C(Br)(Br)CBr)N(c2ccccc2F)C1=O. The Bertz CT molecular complexity index is 611. The zero-order valence-electron chi connectivity index (χ0n) is 11.4. The molecule has 0 N–H and O–H groups in total. The van der Waals surface area contributed by atoms with Crippen LogP contribution in [0.4, 0.5) is 14.9 Å². The summed E-state index contributed by atoms with van der Waals surface area (Å²) in [6.45, 7) is 0.313. The number of likely N-dealkylation sites (N-methyl/N-ethyl adjacent to an activating group) is 1. The van der Waals surface area contributed by atoms with Crippen molar-refractivity contribution in [1.82, 2.24) is 4.90 Å². The lowest BCUT2D eigenvalue weighted by molar-refractivity contribution is 0.229. The van der Waals surface area contributed by atoms with Crippen LogP contribution in [0.1, 0.15) is 0 Å². The molecular formula is C13H12Br4FN3O. The number of nitrogens with zero attached hydrogens (tertiary/aromatic N) is 3. The van der Waals surface area contributed by atoms with Gasteiger partial charge in [-0.05, 0) is 12.1 Å². The monoisotopic (exact) mass is 561 g/mol. The highest BCUT2D eigenvalue weighted by molar-refractivity contribution is 9.27. The predicted octanol–water partition coefficient (Wildman–Crippen LogP) is 4.70. The van der Waals surface area contributed by atoms with Crippen molar-refractivity contribution in [2.75, 3.05) is 23.8 Å². The first-order chi connectivity index (χ1) is 10.3. The minimum Gasteiger partial charge on any atom is -0.320 e. The fraction of sp³-hybridized carbons (Fsp3) is 0.385. The number of benzene rings is 1. The fourth-order valence-corrected chi connectivity index (χ4v) is 3.24. The molecule has 0 radical (unpaired) electrons. The van der Waals surface area contributed by atoms with Gasteiger partial charge in [0.15, 0.2) is 0 Å². The third-order valence-electron chi connectivity index (χ3n) is 3.04. The molecule has 9 heteroatoms. The summed E-state index contributed by atoms with van der Waals surface area (Å²) in [4.78, 5) is 19.3. The molecule has 22 heavy (non-hydrogen) atoms. The van der Waals surface area contributed by atoms with Crippen molar-refractivity contribution in [3.05, 3.63) is 30.1 Å². The summed E-state index contributed by atoms with van der Waals surface area (Å²) in [5, 5.41) is 0.580. The second kappa shape index (κ2) is 7.27. The number of para-hydroxylation sites is 1. The molecule has 1 atom stereocenters. The maximum absolute atomic E-state index is 14.0. The van der Waals surface area contributed by atoms with E-state index in [1.54, 1.807) is 25.2 Å². The van der Waals surface area contributed by atoms with Crippen molar-refractivity contribution in [3.63, 3.8) is 0 Å². The van der Waals surface area contributed by atoms with Crippen LogP contribution in [0.15, 0.2) is 29.3 Å². The first-order valence-corrected chi connectivity index (χ1v) is 9.84. The first kappa shape index (κ1) is 18.4. The maximum Gasteiger partial charge on any atom is 0.330 e. The number of urea groups is 1. The zero-order chi connectivity index (χ0) is 16.5. The van der Waals surface area contributed by atoms with E-state index in [0.717, 1.165) is 0 Å². The van der Waals surface area contributed by atoms with Crippen LogP contribution in [0, 0.1) is 5.82 Å². The Labute approximate surface area is 161 Å². The number of hydrogen-bond acceptors (Lipinski definition) is 2. The van der Waals surface area contributed by atoms with E-state index in [-0.39, 0.29) is 16.7 Å². The molecule has 1 saturated heterocycles. The van der Waals surface area contributed by atoms with Crippen LogP contribution in [-0.2, 0) is 0 Å². The Balaban J connectivity index is 2.42. The topological polar surface area (TPSA) is 35.9 Å². The van der Waals surface area contributed by atoms with Crippen LogP contribution in [-0.4, -0.2) is 43.9 Å². The Kier molecular flexibility index (Phi) is 6.07. The van der Waals surface area contributed by atoms with Gasteiger partial charge in [-0.15, -0.1) is 0 Å².